The molecule has 158 valence electrons. The van der Waals surface area contributed by atoms with E-state index in [1.807, 2.05) is 32.0 Å². The van der Waals surface area contributed by atoms with Crippen molar-refractivity contribution in [1.82, 2.24) is 20.0 Å². The van der Waals surface area contributed by atoms with E-state index in [1.165, 1.54) is 29.0 Å². The third-order valence-corrected chi connectivity index (χ3v) is 5.08. The van der Waals surface area contributed by atoms with Crippen molar-refractivity contribution in [3.05, 3.63) is 93.3 Å². The number of hydrogen-bond acceptors (Lipinski definition) is 3. The highest BCUT2D eigenvalue weighted by molar-refractivity contribution is 6.13. The lowest BCUT2D eigenvalue weighted by Crippen LogP contribution is -2.30. The molecule has 0 saturated carbocycles. The predicted octanol–water partition coefficient (Wildman–Crippen LogP) is 3.52. The lowest BCUT2D eigenvalue weighted by atomic mass is 10.1. The molecule has 4 rings (SSSR count). The molecule has 0 radical (unpaired) electrons. The van der Waals surface area contributed by atoms with E-state index >= 15 is 0 Å². The van der Waals surface area contributed by atoms with Gasteiger partial charge in [0.1, 0.15) is 11.5 Å². The number of benzene rings is 2. The number of urea groups is 1. The summed E-state index contributed by atoms with van der Waals surface area (Å²) in [6, 6.07) is 14.3. The second kappa shape index (κ2) is 8.06. The Labute approximate surface area is 177 Å². The van der Waals surface area contributed by atoms with Gasteiger partial charge < -0.3 is 5.32 Å². The molecule has 1 aliphatic heterocycles. The van der Waals surface area contributed by atoms with E-state index < -0.39 is 17.8 Å². The molecular weight excluding hydrogens is 399 g/mol. The standard InChI is InChI=1S/C23H21FN4O3/c1-14(2)20-17(21(29)28(26-20)16-9-4-3-5-10-16)12-19-22(30)27(23(31)25-19)13-15-8-6-7-11-18(15)24/h3-12,14,26H,13H2,1-2H3,(H,25,31)/b19-12-. The molecule has 2 heterocycles. The number of aromatic nitrogens is 2. The predicted molar refractivity (Wildman–Crippen MR) is 114 cm³/mol. The van der Waals surface area contributed by atoms with Crippen LogP contribution in [0.15, 0.2) is 65.1 Å². The summed E-state index contributed by atoms with van der Waals surface area (Å²) in [6.07, 6.45) is 1.38. The minimum Gasteiger partial charge on any atom is -0.303 e. The summed E-state index contributed by atoms with van der Waals surface area (Å²) in [5.41, 5.74) is 1.44. The lowest BCUT2D eigenvalue weighted by Gasteiger charge is -2.12. The molecule has 0 unspecified atom stereocenters. The van der Waals surface area contributed by atoms with Crippen LogP contribution in [0, 0.1) is 5.82 Å². The average molecular weight is 420 g/mol. The largest absolute Gasteiger partial charge is 0.329 e. The Bertz CT molecular complexity index is 1240. The number of halogens is 1. The first-order valence-corrected chi connectivity index (χ1v) is 9.85. The molecule has 3 aromatic rings. The zero-order valence-electron chi connectivity index (χ0n) is 17.1. The minimum absolute atomic E-state index is 0.0282. The van der Waals surface area contributed by atoms with E-state index in [1.54, 1.807) is 18.2 Å². The van der Waals surface area contributed by atoms with Gasteiger partial charge in [-0.3, -0.25) is 19.6 Å². The number of rotatable bonds is 5. The van der Waals surface area contributed by atoms with Gasteiger partial charge >= 0.3 is 6.03 Å². The number of para-hydroxylation sites is 1. The second-order valence-electron chi connectivity index (χ2n) is 7.54. The second-order valence-corrected chi connectivity index (χ2v) is 7.54. The maximum atomic E-state index is 14.0. The van der Waals surface area contributed by atoms with E-state index in [0.717, 1.165) is 4.90 Å². The Morgan fingerprint density at radius 1 is 1.00 bits per heavy atom. The Morgan fingerprint density at radius 2 is 1.68 bits per heavy atom. The molecule has 1 fully saturated rings. The van der Waals surface area contributed by atoms with Gasteiger partial charge in [-0.1, -0.05) is 50.2 Å². The first-order chi connectivity index (χ1) is 14.9. The maximum Gasteiger partial charge on any atom is 0.329 e. The van der Waals surface area contributed by atoms with Gasteiger partial charge in [-0.25, -0.2) is 13.9 Å². The van der Waals surface area contributed by atoms with Crippen LogP contribution in [0.4, 0.5) is 9.18 Å². The van der Waals surface area contributed by atoms with Crippen LogP contribution < -0.4 is 10.9 Å². The number of carbonyl (C=O) groups excluding carboxylic acids is 2. The average Bonchev–Trinajstić information content (AvgIpc) is 3.22. The van der Waals surface area contributed by atoms with E-state index in [2.05, 4.69) is 10.4 Å². The molecule has 2 aromatic carbocycles. The van der Waals surface area contributed by atoms with Gasteiger partial charge in [0.2, 0.25) is 0 Å². The first kappa shape index (κ1) is 20.3. The molecule has 0 aliphatic carbocycles. The van der Waals surface area contributed by atoms with Crippen molar-refractivity contribution in [2.75, 3.05) is 0 Å². The van der Waals surface area contributed by atoms with Crippen molar-refractivity contribution in [2.24, 2.45) is 0 Å². The van der Waals surface area contributed by atoms with Gasteiger partial charge in [0, 0.05) is 11.3 Å². The van der Waals surface area contributed by atoms with E-state index in [0.29, 0.717) is 11.4 Å². The number of imide groups is 1. The Kier molecular flexibility index (Phi) is 5.29. The van der Waals surface area contributed by atoms with E-state index in [9.17, 15) is 18.8 Å². The number of carbonyl (C=O) groups is 2. The van der Waals surface area contributed by atoms with Crippen LogP contribution in [-0.2, 0) is 11.3 Å². The number of amides is 3. The van der Waals surface area contributed by atoms with E-state index in [4.69, 9.17) is 0 Å². The van der Waals surface area contributed by atoms with E-state index in [-0.39, 0.29) is 34.8 Å². The van der Waals surface area contributed by atoms with Crippen LogP contribution in [0.3, 0.4) is 0 Å². The fourth-order valence-corrected chi connectivity index (χ4v) is 3.46. The topological polar surface area (TPSA) is 87.2 Å². The Hall–Kier alpha value is -3.94. The highest BCUT2D eigenvalue weighted by Crippen LogP contribution is 2.22. The summed E-state index contributed by atoms with van der Waals surface area (Å²) in [5, 5.41) is 5.60. The van der Waals surface area contributed by atoms with Gasteiger partial charge in [0.25, 0.3) is 11.5 Å². The van der Waals surface area contributed by atoms with Crippen LogP contribution >= 0.6 is 0 Å². The molecule has 31 heavy (non-hydrogen) atoms. The monoisotopic (exact) mass is 420 g/mol. The quantitative estimate of drug-likeness (QED) is 0.489. The molecule has 0 atom stereocenters. The number of nitrogens with zero attached hydrogens (tertiary/aromatic N) is 2. The van der Waals surface area contributed by atoms with Gasteiger partial charge in [-0.15, -0.1) is 0 Å². The number of aromatic amines is 1. The maximum absolute atomic E-state index is 14.0. The summed E-state index contributed by atoms with van der Waals surface area (Å²) in [7, 11) is 0. The van der Waals surface area contributed by atoms with Gasteiger partial charge in [-0.05, 0) is 30.2 Å². The third-order valence-electron chi connectivity index (χ3n) is 5.08. The summed E-state index contributed by atoms with van der Waals surface area (Å²) in [5.74, 6) is -1.15. The van der Waals surface area contributed by atoms with Crippen molar-refractivity contribution >= 4 is 18.0 Å². The Balaban J connectivity index is 1.71. The van der Waals surface area contributed by atoms with Crippen molar-refractivity contribution in [3.8, 4) is 5.69 Å². The van der Waals surface area contributed by atoms with Gasteiger partial charge in [0.05, 0.1) is 17.8 Å². The Morgan fingerprint density at radius 3 is 2.35 bits per heavy atom. The zero-order chi connectivity index (χ0) is 22.1. The zero-order valence-corrected chi connectivity index (χ0v) is 17.1. The van der Waals surface area contributed by atoms with Crippen molar-refractivity contribution in [3.63, 3.8) is 0 Å². The summed E-state index contributed by atoms with van der Waals surface area (Å²) in [6.45, 7) is 3.64. The molecule has 0 spiro atoms. The molecule has 3 amide bonds. The molecule has 7 nitrogen and oxygen atoms in total. The highest BCUT2D eigenvalue weighted by atomic mass is 19.1. The van der Waals surface area contributed by atoms with Crippen LogP contribution in [0.1, 0.15) is 36.6 Å². The molecule has 0 bridgehead atoms. The van der Waals surface area contributed by atoms with Crippen LogP contribution in [0.2, 0.25) is 0 Å². The minimum atomic E-state index is -0.662. The fraction of sp³-hybridized carbons (Fsp3) is 0.174. The van der Waals surface area contributed by atoms with Crippen molar-refractivity contribution in [2.45, 2.75) is 26.3 Å². The number of hydrogen-bond donors (Lipinski definition) is 2. The fourth-order valence-electron chi connectivity index (χ4n) is 3.46. The van der Waals surface area contributed by atoms with Gasteiger partial charge in [0.15, 0.2) is 0 Å². The van der Waals surface area contributed by atoms with Crippen molar-refractivity contribution < 1.29 is 14.0 Å². The van der Waals surface area contributed by atoms with Crippen molar-refractivity contribution in [1.29, 1.82) is 0 Å². The third kappa shape index (κ3) is 3.79. The summed E-state index contributed by atoms with van der Waals surface area (Å²) < 4.78 is 15.4. The van der Waals surface area contributed by atoms with Crippen LogP contribution in [-0.4, -0.2) is 26.6 Å². The SMILES string of the molecule is CC(C)c1[nH]n(-c2ccccc2)c(=O)c1/C=C1\NC(=O)N(Cc2ccccc2F)C1=O. The van der Waals surface area contributed by atoms with Crippen LogP contribution in [0.25, 0.3) is 11.8 Å². The lowest BCUT2D eigenvalue weighted by molar-refractivity contribution is -0.123. The molecular formula is C23H21FN4O3. The van der Waals surface area contributed by atoms with Gasteiger partial charge in [-0.2, -0.15) is 0 Å². The highest BCUT2D eigenvalue weighted by Gasteiger charge is 2.34. The number of nitrogens with one attached hydrogen (secondary N) is 2. The molecule has 1 aliphatic rings. The van der Waals surface area contributed by atoms with Crippen LogP contribution in [0.5, 0.6) is 0 Å². The molecule has 1 aromatic heterocycles. The number of H-pyrrole nitrogens is 1. The summed E-state index contributed by atoms with van der Waals surface area (Å²) in [4.78, 5) is 39.2. The smallest absolute Gasteiger partial charge is 0.303 e. The molecule has 8 heteroatoms. The first-order valence-electron chi connectivity index (χ1n) is 9.85. The normalized spacial score (nSPS) is 15.2. The summed E-state index contributed by atoms with van der Waals surface area (Å²) >= 11 is 0. The molecule has 1 saturated heterocycles. The molecule has 2 N–H and O–H groups in total.